The molecule has 5 nitrogen and oxygen atoms in total. The highest BCUT2D eigenvalue weighted by Crippen LogP contribution is 1.96. The van der Waals surface area contributed by atoms with Crippen molar-refractivity contribution in [3.8, 4) is 0 Å². The minimum Gasteiger partial charge on any atom is -0.447 e. The van der Waals surface area contributed by atoms with E-state index in [2.05, 4.69) is 23.9 Å². The van der Waals surface area contributed by atoms with E-state index in [1.807, 2.05) is 0 Å². The number of nitrogens with one attached hydrogen (secondary N) is 1. The van der Waals surface area contributed by atoms with Crippen LogP contribution in [-0.2, 0) is 4.74 Å². The second kappa shape index (κ2) is 7.58. The third-order valence-electron chi connectivity index (χ3n) is 1.61. The van der Waals surface area contributed by atoms with Crippen LogP contribution in [0.4, 0.5) is 4.79 Å². The van der Waals surface area contributed by atoms with Gasteiger partial charge in [0.1, 0.15) is 12.7 Å². The van der Waals surface area contributed by atoms with Gasteiger partial charge in [-0.1, -0.05) is 13.8 Å². The van der Waals surface area contributed by atoms with Gasteiger partial charge in [-0.3, -0.25) is 0 Å². The summed E-state index contributed by atoms with van der Waals surface area (Å²) >= 11 is 0. The fourth-order valence-corrected chi connectivity index (χ4v) is 0.739. The number of hydrogen-bond acceptors (Lipinski definition) is 4. The molecule has 0 aliphatic rings. The molecular weight excluding hydrogens is 186 g/mol. The monoisotopic (exact) mass is 205 g/mol. The van der Waals surface area contributed by atoms with Crippen LogP contribution in [0.2, 0.25) is 0 Å². The second-order valence-corrected chi connectivity index (χ2v) is 3.54. The van der Waals surface area contributed by atoms with Crippen LogP contribution < -0.4 is 5.32 Å². The first kappa shape index (κ1) is 13.2. The van der Waals surface area contributed by atoms with Crippen LogP contribution in [0.5, 0.6) is 0 Å². The van der Waals surface area contributed by atoms with Gasteiger partial charge >= 0.3 is 6.09 Å². The van der Waals surface area contributed by atoms with Crippen LogP contribution in [0, 0.1) is 5.92 Å². The van der Waals surface area contributed by atoms with Gasteiger partial charge in [-0.2, -0.15) is 0 Å². The number of rotatable bonds is 6. The average molecular weight is 205 g/mol. The molecule has 0 radical (unpaired) electrons. The third kappa shape index (κ3) is 7.82. The van der Waals surface area contributed by atoms with Crippen molar-refractivity contribution in [1.29, 1.82) is 0 Å². The van der Waals surface area contributed by atoms with Crippen molar-refractivity contribution < 1.29 is 19.7 Å². The number of carbonyl (C=O) groups excluding carboxylic acids is 1. The molecule has 1 amide bonds. The zero-order chi connectivity index (χ0) is 11.0. The minimum absolute atomic E-state index is 0.177. The summed E-state index contributed by atoms with van der Waals surface area (Å²) < 4.78 is 4.62. The molecule has 0 aromatic carbocycles. The van der Waals surface area contributed by atoms with Crippen molar-refractivity contribution in [2.45, 2.75) is 26.4 Å². The predicted octanol–water partition coefficient (Wildman–Crippen LogP) is 0.112. The Bertz CT molecular complexity index is 161. The lowest BCUT2D eigenvalue weighted by molar-refractivity contribution is 0.0321. The van der Waals surface area contributed by atoms with Gasteiger partial charge in [-0.15, -0.1) is 0 Å². The van der Waals surface area contributed by atoms with Gasteiger partial charge in [-0.25, -0.2) is 4.79 Å². The summed E-state index contributed by atoms with van der Waals surface area (Å²) in [5, 5.41) is 19.8. The van der Waals surface area contributed by atoms with E-state index in [0.717, 1.165) is 6.42 Å². The Morgan fingerprint density at radius 1 is 1.50 bits per heavy atom. The standard InChI is InChI=1S/C9H19NO4/c1-7(2)3-4-10-9(13)14-6-8(12)5-11/h7-8,11-12H,3-6H2,1-2H3,(H,10,13). The van der Waals surface area contributed by atoms with Crippen molar-refractivity contribution in [2.24, 2.45) is 5.92 Å². The van der Waals surface area contributed by atoms with Gasteiger partial charge in [-0.05, 0) is 12.3 Å². The van der Waals surface area contributed by atoms with E-state index in [9.17, 15) is 4.79 Å². The molecule has 0 bridgehead atoms. The molecule has 1 atom stereocenters. The number of amides is 1. The number of aliphatic hydroxyl groups excluding tert-OH is 2. The molecular formula is C9H19NO4. The molecule has 0 fully saturated rings. The fourth-order valence-electron chi connectivity index (χ4n) is 0.739. The van der Waals surface area contributed by atoms with Crippen molar-refractivity contribution in [3.05, 3.63) is 0 Å². The van der Waals surface area contributed by atoms with Crippen molar-refractivity contribution in [2.75, 3.05) is 19.8 Å². The molecule has 0 rings (SSSR count). The van der Waals surface area contributed by atoms with Crippen molar-refractivity contribution in [1.82, 2.24) is 5.32 Å². The predicted molar refractivity (Wildman–Crippen MR) is 51.9 cm³/mol. The van der Waals surface area contributed by atoms with Gasteiger partial charge in [0, 0.05) is 6.54 Å². The number of aliphatic hydroxyl groups is 2. The Balaban J connectivity index is 3.37. The summed E-state index contributed by atoms with van der Waals surface area (Å²) in [4.78, 5) is 10.9. The molecule has 3 N–H and O–H groups in total. The normalized spacial score (nSPS) is 12.6. The Hall–Kier alpha value is -0.810. The van der Waals surface area contributed by atoms with E-state index >= 15 is 0 Å². The molecule has 0 saturated carbocycles. The van der Waals surface area contributed by atoms with E-state index in [0.29, 0.717) is 12.5 Å². The number of hydrogen-bond donors (Lipinski definition) is 3. The summed E-state index contributed by atoms with van der Waals surface area (Å²) in [6.45, 7) is 4.10. The lowest BCUT2D eigenvalue weighted by Gasteiger charge is -2.10. The summed E-state index contributed by atoms with van der Waals surface area (Å²) in [7, 11) is 0. The first-order valence-electron chi connectivity index (χ1n) is 4.75. The first-order chi connectivity index (χ1) is 6.56. The maximum atomic E-state index is 10.9. The summed E-state index contributed by atoms with van der Waals surface area (Å²) in [5.41, 5.74) is 0. The van der Waals surface area contributed by atoms with Crippen LogP contribution in [0.25, 0.3) is 0 Å². The molecule has 14 heavy (non-hydrogen) atoms. The highest BCUT2D eigenvalue weighted by molar-refractivity contribution is 5.67. The van der Waals surface area contributed by atoms with Crippen LogP contribution >= 0.6 is 0 Å². The number of ether oxygens (including phenoxy) is 1. The van der Waals surface area contributed by atoms with E-state index in [4.69, 9.17) is 10.2 Å². The van der Waals surface area contributed by atoms with Crippen LogP contribution in [-0.4, -0.2) is 42.2 Å². The molecule has 1 unspecified atom stereocenters. The van der Waals surface area contributed by atoms with E-state index < -0.39 is 18.8 Å². The van der Waals surface area contributed by atoms with Crippen LogP contribution in [0.3, 0.4) is 0 Å². The highest BCUT2D eigenvalue weighted by atomic mass is 16.6. The molecule has 0 spiro atoms. The smallest absolute Gasteiger partial charge is 0.407 e. The van der Waals surface area contributed by atoms with Gasteiger partial charge in [0.2, 0.25) is 0 Å². The molecule has 0 heterocycles. The van der Waals surface area contributed by atoms with E-state index in [1.54, 1.807) is 0 Å². The minimum atomic E-state index is -0.995. The highest BCUT2D eigenvalue weighted by Gasteiger charge is 2.06. The van der Waals surface area contributed by atoms with E-state index in [1.165, 1.54) is 0 Å². The van der Waals surface area contributed by atoms with Gasteiger partial charge in [0.15, 0.2) is 0 Å². The van der Waals surface area contributed by atoms with Gasteiger partial charge in [0.25, 0.3) is 0 Å². The lowest BCUT2D eigenvalue weighted by Crippen LogP contribution is -2.30. The molecule has 0 aromatic heterocycles. The quantitative estimate of drug-likeness (QED) is 0.575. The molecule has 84 valence electrons. The van der Waals surface area contributed by atoms with Crippen molar-refractivity contribution in [3.63, 3.8) is 0 Å². The Morgan fingerprint density at radius 3 is 2.64 bits per heavy atom. The van der Waals surface area contributed by atoms with Crippen LogP contribution in [0.15, 0.2) is 0 Å². The maximum absolute atomic E-state index is 10.9. The third-order valence-corrected chi connectivity index (χ3v) is 1.61. The summed E-state index contributed by atoms with van der Waals surface area (Å²) in [6, 6.07) is 0. The largest absolute Gasteiger partial charge is 0.447 e. The number of alkyl carbamates (subject to hydrolysis) is 1. The topological polar surface area (TPSA) is 78.8 Å². The molecule has 0 aliphatic heterocycles. The fraction of sp³-hybridized carbons (Fsp3) is 0.889. The zero-order valence-corrected chi connectivity index (χ0v) is 8.69. The second-order valence-electron chi connectivity index (χ2n) is 3.54. The average Bonchev–Trinajstić information content (AvgIpc) is 2.13. The Labute approximate surface area is 84.1 Å². The lowest BCUT2D eigenvalue weighted by atomic mass is 10.1. The molecule has 0 aromatic rings. The summed E-state index contributed by atoms with van der Waals surface area (Å²) in [5.74, 6) is 0.526. The number of carbonyl (C=O) groups is 1. The van der Waals surface area contributed by atoms with Crippen LogP contribution in [0.1, 0.15) is 20.3 Å². The van der Waals surface area contributed by atoms with Crippen molar-refractivity contribution >= 4 is 6.09 Å². The zero-order valence-electron chi connectivity index (χ0n) is 8.69. The van der Waals surface area contributed by atoms with Gasteiger partial charge in [0.05, 0.1) is 6.61 Å². The molecule has 0 aliphatic carbocycles. The van der Waals surface area contributed by atoms with Gasteiger partial charge < -0.3 is 20.3 Å². The molecule has 5 heteroatoms. The van der Waals surface area contributed by atoms with E-state index in [-0.39, 0.29) is 6.61 Å². The first-order valence-corrected chi connectivity index (χ1v) is 4.75. The Morgan fingerprint density at radius 2 is 2.14 bits per heavy atom. The summed E-state index contributed by atoms with van der Waals surface area (Å²) in [6.07, 6.45) is -0.665. The maximum Gasteiger partial charge on any atom is 0.407 e. The molecule has 0 saturated heterocycles. The SMILES string of the molecule is CC(C)CCNC(=O)OCC(O)CO. The Kier molecular flexibility index (Phi) is 7.14.